The first-order valence-corrected chi connectivity index (χ1v) is 5.83. The third-order valence-corrected chi connectivity index (χ3v) is 2.48. The average Bonchev–Trinajstić information content (AvgIpc) is 2.38. The summed E-state index contributed by atoms with van der Waals surface area (Å²) in [6.07, 6.45) is 2.14. The number of primary amides is 1. The molecule has 0 fully saturated rings. The Morgan fingerprint density at radius 2 is 2.21 bits per heavy atom. The second-order valence-corrected chi connectivity index (χ2v) is 4.03. The van der Waals surface area contributed by atoms with Crippen molar-refractivity contribution in [2.24, 2.45) is 11.5 Å². The molecule has 5 N–H and O–H groups in total. The summed E-state index contributed by atoms with van der Waals surface area (Å²) in [5, 5.41) is 2.63. The van der Waals surface area contributed by atoms with Crippen molar-refractivity contribution in [1.82, 2.24) is 10.3 Å². The number of ether oxygens (including phenoxy) is 1. The zero-order chi connectivity index (χ0) is 14.3. The number of nitrogens with two attached hydrogens (primary N) is 2. The van der Waals surface area contributed by atoms with Crippen LogP contribution in [0.1, 0.15) is 12.0 Å². The lowest BCUT2D eigenvalue weighted by molar-refractivity contribution is -0.126. The highest BCUT2D eigenvalue weighted by molar-refractivity contribution is 5.87. The molecule has 0 saturated carbocycles. The van der Waals surface area contributed by atoms with Gasteiger partial charge in [0, 0.05) is 18.8 Å². The normalized spacial score (nSPS) is 11.7. The van der Waals surface area contributed by atoms with Crippen LogP contribution in [0.4, 0.5) is 0 Å². The number of carbonyl (C=O) groups excluding carboxylic acids is 2. The lowest BCUT2D eigenvalue weighted by atomic mass is 10.2. The molecule has 0 aliphatic carbocycles. The maximum absolute atomic E-state index is 11.5. The number of aromatic nitrogens is 1. The molecule has 0 unspecified atom stereocenters. The van der Waals surface area contributed by atoms with Crippen molar-refractivity contribution >= 4 is 11.8 Å². The molecule has 0 radical (unpaired) electrons. The summed E-state index contributed by atoms with van der Waals surface area (Å²) in [6.45, 7) is 0.416. The number of amides is 2. The van der Waals surface area contributed by atoms with E-state index in [9.17, 15) is 9.59 Å². The fraction of sp³-hybridized carbons (Fsp3) is 0.417. The van der Waals surface area contributed by atoms with E-state index in [1.165, 1.54) is 0 Å². The molecule has 0 aliphatic heterocycles. The van der Waals surface area contributed by atoms with Gasteiger partial charge in [0.15, 0.2) is 0 Å². The van der Waals surface area contributed by atoms with Gasteiger partial charge < -0.3 is 21.5 Å². The maximum atomic E-state index is 11.5. The van der Waals surface area contributed by atoms with Gasteiger partial charge in [0.25, 0.3) is 0 Å². The zero-order valence-electron chi connectivity index (χ0n) is 10.8. The van der Waals surface area contributed by atoms with Crippen molar-refractivity contribution in [3.8, 4) is 5.88 Å². The van der Waals surface area contributed by atoms with Crippen LogP contribution in [0.5, 0.6) is 5.88 Å². The van der Waals surface area contributed by atoms with E-state index in [2.05, 4.69) is 10.3 Å². The van der Waals surface area contributed by atoms with Gasteiger partial charge in [-0.25, -0.2) is 4.98 Å². The quantitative estimate of drug-likeness (QED) is 0.581. The Morgan fingerprint density at radius 3 is 2.74 bits per heavy atom. The van der Waals surface area contributed by atoms with E-state index in [4.69, 9.17) is 16.2 Å². The van der Waals surface area contributed by atoms with E-state index >= 15 is 0 Å². The van der Waals surface area contributed by atoms with Crippen LogP contribution >= 0.6 is 0 Å². The highest BCUT2D eigenvalue weighted by Crippen LogP contribution is 2.06. The molecule has 0 aliphatic rings. The Balaban J connectivity index is 2.32. The van der Waals surface area contributed by atoms with Crippen LogP contribution in [0.2, 0.25) is 0 Å². The van der Waals surface area contributed by atoms with Crippen molar-refractivity contribution in [2.45, 2.75) is 18.9 Å². The standard InChI is InChI=1S/C12H18N4O3/c1-19-11-3-2-8(7-16-11)4-5-15-12(18)9(13)6-10(14)17/h2-3,7,9H,4-6,13H2,1H3,(H2,14,17)(H,15,18)/t9-/m1/s1. The molecule has 104 valence electrons. The molecule has 0 spiro atoms. The second kappa shape index (κ2) is 7.32. The summed E-state index contributed by atoms with van der Waals surface area (Å²) < 4.78 is 4.94. The Bertz CT molecular complexity index is 433. The number of nitrogens with one attached hydrogen (secondary N) is 1. The van der Waals surface area contributed by atoms with Crippen LogP contribution in [0.15, 0.2) is 18.3 Å². The second-order valence-electron chi connectivity index (χ2n) is 4.03. The summed E-state index contributed by atoms with van der Waals surface area (Å²) in [5.74, 6) is -0.446. The van der Waals surface area contributed by atoms with Crippen LogP contribution in [0.25, 0.3) is 0 Å². The number of methoxy groups -OCH3 is 1. The van der Waals surface area contributed by atoms with E-state index in [0.29, 0.717) is 18.8 Å². The Hall–Kier alpha value is -2.15. The predicted octanol–water partition coefficient (Wildman–Crippen LogP) is -1.05. The van der Waals surface area contributed by atoms with E-state index in [-0.39, 0.29) is 12.3 Å². The summed E-state index contributed by atoms with van der Waals surface area (Å²) in [6, 6.07) is 2.71. The van der Waals surface area contributed by atoms with E-state index in [1.54, 1.807) is 19.4 Å². The number of nitrogens with zero attached hydrogens (tertiary/aromatic N) is 1. The first-order valence-electron chi connectivity index (χ1n) is 5.83. The van der Waals surface area contributed by atoms with E-state index < -0.39 is 11.9 Å². The first-order chi connectivity index (χ1) is 9.02. The van der Waals surface area contributed by atoms with Gasteiger partial charge >= 0.3 is 0 Å². The fourth-order valence-corrected chi connectivity index (χ4v) is 1.45. The summed E-state index contributed by atoms with van der Waals surface area (Å²) >= 11 is 0. The molecule has 1 rings (SSSR count). The minimum atomic E-state index is -0.897. The molecule has 1 aromatic rings. The minimum absolute atomic E-state index is 0.157. The molecule has 2 amide bonds. The van der Waals surface area contributed by atoms with E-state index in [1.807, 2.05) is 6.07 Å². The average molecular weight is 266 g/mol. The SMILES string of the molecule is COc1ccc(CCNC(=O)[C@H](N)CC(N)=O)cn1. The van der Waals surface area contributed by atoms with Gasteiger partial charge in [-0.05, 0) is 12.0 Å². The lowest BCUT2D eigenvalue weighted by Gasteiger charge is -2.10. The van der Waals surface area contributed by atoms with Gasteiger partial charge in [-0.3, -0.25) is 9.59 Å². The van der Waals surface area contributed by atoms with Crippen LogP contribution < -0.4 is 21.5 Å². The zero-order valence-corrected chi connectivity index (χ0v) is 10.8. The lowest BCUT2D eigenvalue weighted by Crippen LogP contribution is -2.43. The van der Waals surface area contributed by atoms with Crippen molar-refractivity contribution in [1.29, 1.82) is 0 Å². The monoisotopic (exact) mass is 266 g/mol. The van der Waals surface area contributed by atoms with Crippen LogP contribution in [0, 0.1) is 0 Å². The van der Waals surface area contributed by atoms with Crippen molar-refractivity contribution in [3.05, 3.63) is 23.9 Å². The third kappa shape index (κ3) is 5.35. The molecular formula is C12H18N4O3. The molecule has 1 atom stereocenters. The topological polar surface area (TPSA) is 120 Å². The molecule has 1 heterocycles. The number of rotatable bonds is 7. The highest BCUT2D eigenvalue weighted by atomic mass is 16.5. The largest absolute Gasteiger partial charge is 0.481 e. The first kappa shape index (κ1) is 14.9. The van der Waals surface area contributed by atoms with Crippen LogP contribution in [-0.2, 0) is 16.0 Å². The molecular weight excluding hydrogens is 248 g/mol. The minimum Gasteiger partial charge on any atom is -0.481 e. The molecule has 0 aromatic carbocycles. The molecule has 0 bridgehead atoms. The summed E-state index contributed by atoms with van der Waals surface area (Å²) in [4.78, 5) is 26.2. The molecule has 0 saturated heterocycles. The highest BCUT2D eigenvalue weighted by Gasteiger charge is 2.15. The van der Waals surface area contributed by atoms with Gasteiger partial charge in [-0.2, -0.15) is 0 Å². The smallest absolute Gasteiger partial charge is 0.237 e. The number of hydrogen-bond donors (Lipinski definition) is 3. The predicted molar refractivity (Wildman–Crippen MR) is 69.3 cm³/mol. The number of carbonyl (C=O) groups is 2. The van der Waals surface area contributed by atoms with Gasteiger partial charge in [-0.15, -0.1) is 0 Å². The van der Waals surface area contributed by atoms with Gasteiger partial charge in [0.2, 0.25) is 17.7 Å². The van der Waals surface area contributed by atoms with Gasteiger partial charge in [-0.1, -0.05) is 6.07 Å². The fourth-order valence-electron chi connectivity index (χ4n) is 1.45. The molecule has 19 heavy (non-hydrogen) atoms. The molecule has 7 nitrogen and oxygen atoms in total. The molecule has 7 heteroatoms. The Morgan fingerprint density at radius 1 is 1.47 bits per heavy atom. The Kier molecular flexibility index (Phi) is 5.74. The number of pyridine rings is 1. The van der Waals surface area contributed by atoms with Crippen molar-refractivity contribution in [2.75, 3.05) is 13.7 Å². The van der Waals surface area contributed by atoms with Crippen molar-refractivity contribution < 1.29 is 14.3 Å². The Labute approximate surface area is 111 Å². The number of hydrogen-bond acceptors (Lipinski definition) is 5. The van der Waals surface area contributed by atoms with Crippen LogP contribution in [0.3, 0.4) is 0 Å². The van der Waals surface area contributed by atoms with Gasteiger partial charge in [0.05, 0.1) is 19.6 Å². The maximum Gasteiger partial charge on any atom is 0.237 e. The molecule has 1 aromatic heterocycles. The van der Waals surface area contributed by atoms with Crippen LogP contribution in [-0.4, -0.2) is 36.5 Å². The third-order valence-electron chi connectivity index (χ3n) is 2.48. The van der Waals surface area contributed by atoms with Crippen molar-refractivity contribution in [3.63, 3.8) is 0 Å². The van der Waals surface area contributed by atoms with Gasteiger partial charge in [0.1, 0.15) is 0 Å². The summed E-state index contributed by atoms with van der Waals surface area (Å²) in [7, 11) is 1.54. The summed E-state index contributed by atoms with van der Waals surface area (Å²) in [5.41, 5.74) is 11.4. The van der Waals surface area contributed by atoms with E-state index in [0.717, 1.165) is 5.56 Å².